The Morgan fingerprint density at radius 3 is 2.50 bits per heavy atom. The summed E-state index contributed by atoms with van der Waals surface area (Å²) < 4.78 is 5.81. The van der Waals surface area contributed by atoms with Crippen LogP contribution in [0.4, 0.5) is 11.4 Å². The SMILES string of the molecule is N#C/C(=C\c1cc(Cl)ccc1OCc1ccc([N+](=O)[O-])cc1)C(=O)Nc1ccccc1Cl. The zero-order chi connectivity index (χ0) is 23.1. The molecule has 0 fully saturated rings. The molecule has 0 unspecified atom stereocenters. The van der Waals surface area contributed by atoms with E-state index in [9.17, 15) is 20.2 Å². The van der Waals surface area contributed by atoms with Gasteiger partial charge in [-0.1, -0.05) is 35.3 Å². The first kappa shape index (κ1) is 22.8. The van der Waals surface area contributed by atoms with Crippen LogP contribution in [0.3, 0.4) is 0 Å². The monoisotopic (exact) mass is 467 g/mol. The molecule has 3 aromatic carbocycles. The lowest BCUT2D eigenvalue weighted by Crippen LogP contribution is -2.13. The summed E-state index contributed by atoms with van der Waals surface area (Å²) >= 11 is 12.1. The Morgan fingerprint density at radius 1 is 1.12 bits per heavy atom. The highest BCUT2D eigenvalue weighted by molar-refractivity contribution is 6.34. The lowest BCUT2D eigenvalue weighted by molar-refractivity contribution is -0.384. The van der Waals surface area contributed by atoms with Crippen molar-refractivity contribution < 1.29 is 14.5 Å². The van der Waals surface area contributed by atoms with E-state index in [2.05, 4.69) is 5.32 Å². The van der Waals surface area contributed by atoms with Gasteiger partial charge in [-0.2, -0.15) is 5.26 Å². The van der Waals surface area contributed by atoms with E-state index < -0.39 is 10.8 Å². The smallest absolute Gasteiger partial charge is 0.269 e. The molecule has 0 radical (unpaired) electrons. The lowest BCUT2D eigenvalue weighted by atomic mass is 10.1. The summed E-state index contributed by atoms with van der Waals surface area (Å²) in [6.07, 6.45) is 1.36. The maximum absolute atomic E-state index is 12.6. The summed E-state index contributed by atoms with van der Waals surface area (Å²) in [5.41, 5.74) is 1.31. The number of ether oxygens (including phenoxy) is 1. The van der Waals surface area contributed by atoms with Crippen molar-refractivity contribution in [1.29, 1.82) is 5.26 Å². The van der Waals surface area contributed by atoms with Crippen molar-refractivity contribution in [2.75, 3.05) is 5.32 Å². The molecule has 160 valence electrons. The third kappa shape index (κ3) is 5.85. The van der Waals surface area contributed by atoms with E-state index in [4.69, 9.17) is 27.9 Å². The molecule has 0 aliphatic rings. The van der Waals surface area contributed by atoms with Crippen molar-refractivity contribution >= 4 is 46.6 Å². The first-order valence-corrected chi connectivity index (χ1v) is 9.96. The molecule has 0 saturated heterocycles. The third-order valence-electron chi connectivity index (χ3n) is 4.30. The van der Waals surface area contributed by atoms with Crippen LogP contribution in [0, 0.1) is 21.4 Å². The Bertz CT molecular complexity index is 1230. The minimum absolute atomic E-state index is 0.0212. The Morgan fingerprint density at radius 2 is 1.84 bits per heavy atom. The number of nitrogens with zero attached hydrogens (tertiary/aromatic N) is 2. The highest BCUT2D eigenvalue weighted by Gasteiger charge is 2.13. The van der Waals surface area contributed by atoms with Crippen LogP contribution < -0.4 is 10.1 Å². The molecule has 7 nitrogen and oxygen atoms in total. The number of rotatable bonds is 7. The van der Waals surface area contributed by atoms with Crippen LogP contribution in [0.15, 0.2) is 72.3 Å². The number of hydrogen-bond donors (Lipinski definition) is 1. The molecule has 0 aliphatic heterocycles. The van der Waals surface area contributed by atoms with E-state index in [0.717, 1.165) is 0 Å². The molecule has 1 amide bonds. The maximum Gasteiger partial charge on any atom is 0.269 e. The van der Waals surface area contributed by atoms with Crippen LogP contribution in [0.25, 0.3) is 6.08 Å². The average Bonchev–Trinajstić information content (AvgIpc) is 2.78. The van der Waals surface area contributed by atoms with Gasteiger partial charge in [0.2, 0.25) is 0 Å². The predicted molar refractivity (Wildman–Crippen MR) is 123 cm³/mol. The summed E-state index contributed by atoms with van der Waals surface area (Å²) in [6.45, 7) is 0.119. The standard InChI is InChI=1S/C23H15Cl2N3O4/c24-18-7-10-22(32-14-15-5-8-19(9-6-15)28(30)31)16(12-18)11-17(13-26)23(29)27-21-4-2-1-3-20(21)25/h1-12H,14H2,(H,27,29)/b17-11+. The first-order valence-electron chi connectivity index (χ1n) is 9.20. The predicted octanol–water partition coefficient (Wildman–Crippen LogP) is 6.03. The molecule has 3 rings (SSSR count). The van der Waals surface area contributed by atoms with Gasteiger partial charge in [0.15, 0.2) is 0 Å². The number of para-hydroxylation sites is 1. The molecule has 0 saturated carbocycles. The molecule has 1 N–H and O–H groups in total. The number of carbonyl (C=O) groups excluding carboxylic acids is 1. The summed E-state index contributed by atoms with van der Waals surface area (Å²) in [6, 6.07) is 19.3. The van der Waals surface area contributed by atoms with Crippen molar-refractivity contribution in [3.05, 3.63) is 104 Å². The van der Waals surface area contributed by atoms with E-state index in [-0.39, 0.29) is 17.9 Å². The number of anilines is 1. The summed E-state index contributed by atoms with van der Waals surface area (Å²) in [5.74, 6) is -0.257. The number of benzene rings is 3. The van der Waals surface area contributed by atoms with E-state index in [1.807, 2.05) is 6.07 Å². The fourth-order valence-corrected chi connectivity index (χ4v) is 3.06. The highest BCUT2D eigenvalue weighted by atomic mass is 35.5. The van der Waals surface area contributed by atoms with Crippen molar-refractivity contribution in [3.8, 4) is 11.8 Å². The average molecular weight is 468 g/mol. The van der Waals surface area contributed by atoms with Crippen molar-refractivity contribution in [2.45, 2.75) is 6.61 Å². The number of carbonyl (C=O) groups is 1. The van der Waals surface area contributed by atoms with Gasteiger partial charge in [-0.15, -0.1) is 0 Å². The fraction of sp³-hybridized carbons (Fsp3) is 0.0435. The van der Waals surface area contributed by atoms with E-state index in [1.165, 1.54) is 18.2 Å². The summed E-state index contributed by atoms with van der Waals surface area (Å²) in [4.78, 5) is 22.9. The van der Waals surface area contributed by atoms with E-state index >= 15 is 0 Å². The summed E-state index contributed by atoms with van der Waals surface area (Å²) in [5, 5.41) is 23.6. The van der Waals surface area contributed by atoms with Gasteiger partial charge < -0.3 is 10.1 Å². The Kier molecular flexibility index (Phi) is 7.45. The minimum Gasteiger partial charge on any atom is -0.488 e. The number of non-ortho nitro benzene ring substituents is 1. The molecule has 0 aliphatic carbocycles. The maximum atomic E-state index is 12.6. The van der Waals surface area contributed by atoms with Crippen LogP contribution in [0.1, 0.15) is 11.1 Å². The molecular formula is C23H15Cl2N3O4. The van der Waals surface area contributed by atoms with Gasteiger partial charge in [0, 0.05) is 22.7 Å². The van der Waals surface area contributed by atoms with E-state index in [1.54, 1.807) is 54.6 Å². The second kappa shape index (κ2) is 10.4. The Hall–Kier alpha value is -3.86. The van der Waals surface area contributed by atoms with Gasteiger partial charge >= 0.3 is 0 Å². The molecule has 9 heteroatoms. The van der Waals surface area contributed by atoms with Gasteiger partial charge in [0.05, 0.1) is 15.6 Å². The van der Waals surface area contributed by atoms with Crippen molar-refractivity contribution in [1.82, 2.24) is 0 Å². The second-order valence-electron chi connectivity index (χ2n) is 6.50. The normalized spacial score (nSPS) is 10.8. The first-order chi connectivity index (χ1) is 15.4. The Balaban J connectivity index is 1.81. The number of nitro benzene ring substituents is 1. The Labute approximate surface area is 193 Å². The van der Waals surface area contributed by atoms with Crippen LogP contribution >= 0.6 is 23.2 Å². The van der Waals surface area contributed by atoms with Crippen molar-refractivity contribution in [3.63, 3.8) is 0 Å². The van der Waals surface area contributed by atoms with Gasteiger partial charge in [-0.25, -0.2) is 0 Å². The van der Waals surface area contributed by atoms with Gasteiger partial charge in [-0.3, -0.25) is 14.9 Å². The van der Waals surface area contributed by atoms with Gasteiger partial charge in [0.1, 0.15) is 24.0 Å². The molecule has 0 aromatic heterocycles. The minimum atomic E-state index is -0.637. The second-order valence-corrected chi connectivity index (χ2v) is 7.34. The quantitative estimate of drug-likeness (QED) is 0.197. The molecule has 0 bridgehead atoms. The van der Waals surface area contributed by atoms with Crippen LogP contribution in [-0.4, -0.2) is 10.8 Å². The fourth-order valence-electron chi connectivity index (χ4n) is 2.69. The molecule has 0 spiro atoms. The molecular weight excluding hydrogens is 453 g/mol. The van der Waals surface area contributed by atoms with Crippen LogP contribution in [-0.2, 0) is 11.4 Å². The molecule has 0 atom stereocenters. The number of nitrogens with one attached hydrogen (secondary N) is 1. The number of nitriles is 1. The summed E-state index contributed by atoms with van der Waals surface area (Å²) in [7, 11) is 0. The number of hydrogen-bond acceptors (Lipinski definition) is 5. The lowest BCUT2D eigenvalue weighted by Gasteiger charge is -2.11. The molecule has 3 aromatic rings. The number of nitro groups is 1. The van der Waals surface area contributed by atoms with Gasteiger partial charge in [-0.05, 0) is 54.1 Å². The van der Waals surface area contributed by atoms with Crippen molar-refractivity contribution in [2.24, 2.45) is 0 Å². The largest absolute Gasteiger partial charge is 0.488 e. The third-order valence-corrected chi connectivity index (χ3v) is 4.86. The van der Waals surface area contributed by atoms with Gasteiger partial charge in [0.25, 0.3) is 11.6 Å². The van der Waals surface area contributed by atoms with E-state index in [0.29, 0.717) is 32.6 Å². The number of halogens is 2. The molecule has 0 heterocycles. The highest BCUT2D eigenvalue weighted by Crippen LogP contribution is 2.27. The number of amides is 1. The zero-order valence-electron chi connectivity index (χ0n) is 16.4. The van der Waals surface area contributed by atoms with Crippen LogP contribution in [0.2, 0.25) is 10.0 Å². The zero-order valence-corrected chi connectivity index (χ0v) is 17.9. The van der Waals surface area contributed by atoms with Crippen LogP contribution in [0.5, 0.6) is 5.75 Å². The molecule has 32 heavy (non-hydrogen) atoms. The topological polar surface area (TPSA) is 105 Å².